The number of piperidine rings is 1. The van der Waals surface area contributed by atoms with Crippen molar-refractivity contribution in [2.24, 2.45) is 11.7 Å². The lowest BCUT2D eigenvalue weighted by Gasteiger charge is -2.60. The van der Waals surface area contributed by atoms with Crippen LogP contribution in [0.4, 0.5) is 4.39 Å². The Morgan fingerprint density at radius 3 is 2.86 bits per heavy atom. The summed E-state index contributed by atoms with van der Waals surface area (Å²) in [6.07, 6.45) is 2.92. The minimum absolute atomic E-state index is 0.000123. The van der Waals surface area contributed by atoms with E-state index >= 15 is 0 Å². The van der Waals surface area contributed by atoms with Crippen molar-refractivity contribution < 1.29 is 13.9 Å². The van der Waals surface area contributed by atoms with E-state index in [1.165, 1.54) is 0 Å². The summed E-state index contributed by atoms with van der Waals surface area (Å²) < 4.78 is 19.9. The lowest BCUT2D eigenvalue weighted by Crippen LogP contribution is -2.72. The quantitative estimate of drug-likeness (QED) is 0.397. The number of hydrogen-bond acceptors (Lipinski definition) is 8. The zero-order chi connectivity index (χ0) is 24.3. The molecule has 7 rings (SSSR count). The van der Waals surface area contributed by atoms with Gasteiger partial charge in [-0.25, -0.2) is 4.39 Å². The predicted molar refractivity (Wildman–Crippen MR) is 131 cm³/mol. The van der Waals surface area contributed by atoms with Gasteiger partial charge in [0.05, 0.1) is 42.9 Å². The molecule has 7 aliphatic heterocycles. The number of rotatable bonds is 5. The van der Waals surface area contributed by atoms with Crippen LogP contribution >= 0.6 is 0 Å². The van der Waals surface area contributed by atoms with Crippen LogP contribution in [0.15, 0.2) is 11.8 Å². The number of ether oxygens (including phenoxy) is 1. The Balaban J connectivity index is 1.15. The van der Waals surface area contributed by atoms with Crippen LogP contribution in [0.2, 0.25) is 0 Å². The molecule has 7 aliphatic rings. The summed E-state index contributed by atoms with van der Waals surface area (Å²) in [5.74, 6) is -0.402. The first kappa shape index (κ1) is 24.1. The topological polar surface area (TPSA) is 98.1 Å². The SMILES string of the molecule is CCC12CC3C(C(=O)NC4CNCCC4N4CCN(C5COC5)C[C@@H]4C)C(N)NC1=CC(F)CN32. The molecule has 0 aliphatic carbocycles. The molecule has 0 aromatic carbocycles. The molecule has 7 heterocycles. The number of amides is 1. The third-order valence-electron chi connectivity index (χ3n) is 9.77. The molecule has 196 valence electrons. The fourth-order valence-corrected chi connectivity index (χ4v) is 7.74. The monoisotopic (exact) mass is 491 g/mol. The molecule has 9 nitrogen and oxygen atoms in total. The number of carbonyl (C=O) groups excluding carboxylic acids is 1. The van der Waals surface area contributed by atoms with Gasteiger partial charge < -0.3 is 26.4 Å². The Morgan fingerprint density at radius 1 is 1.31 bits per heavy atom. The van der Waals surface area contributed by atoms with E-state index < -0.39 is 18.3 Å². The fourth-order valence-electron chi connectivity index (χ4n) is 7.74. The van der Waals surface area contributed by atoms with Gasteiger partial charge in [-0.15, -0.1) is 0 Å². The lowest BCUT2D eigenvalue weighted by molar-refractivity contribution is -0.139. The second kappa shape index (κ2) is 9.22. The highest BCUT2D eigenvalue weighted by molar-refractivity contribution is 5.81. The summed E-state index contributed by atoms with van der Waals surface area (Å²) in [5.41, 5.74) is 7.26. The van der Waals surface area contributed by atoms with Gasteiger partial charge in [0.15, 0.2) is 0 Å². The summed E-state index contributed by atoms with van der Waals surface area (Å²) in [4.78, 5) is 21.2. The van der Waals surface area contributed by atoms with Crippen LogP contribution in [0.25, 0.3) is 0 Å². The molecule has 0 spiro atoms. The molecule has 35 heavy (non-hydrogen) atoms. The number of alkyl halides is 1. The van der Waals surface area contributed by atoms with E-state index in [1.807, 2.05) is 0 Å². The Morgan fingerprint density at radius 2 is 2.14 bits per heavy atom. The van der Waals surface area contributed by atoms with Gasteiger partial charge in [0, 0.05) is 56.5 Å². The Labute approximate surface area is 207 Å². The van der Waals surface area contributed by atoms with E-state index in [-0.39, 0.29) is 23.5 Å². The van der Waals surface area contributed by atoms with Gasteiger partial charge >= 0.3 is 0 Å². The van der Waals surface area contributed by atoms with Crippen molar-refractivity contribution in [1.82, 2.24) is 30.7 Å². The van der Waals surface area contributed by atoms with Crippen molar-refractivity contribution in [3.8, 4) is 0 Å². The number of nitrogens with two attached hydrogens (primary N) is 1. The van der Waals surface area contributed by atoms with Gasteiger partial charge in [0.1, 0.15) is 6.17 Å². The number of fused-ring (bicyclic) bond motifs is 2. The van der Waals surface area contributed by atoms with Crippen LogP contribution in [0.1, 0.15) is 33.1 Å². The summed E-state index contributed by atoms with van der Waals surface area (Å²) >= 11 is 0. The number of piperazine rings is 1. The van der Waals surface area contributed by atoms with Crippen molar-refractivity contribution >= 4 is 5.91 Å². The standard InChI is InChI=1S/C25H42FN7O2/c1-3-25-9-20-22(23(27)30-21(25)8-16(26)12-33(20)25)24(34)29-18-10-28-5-4-19(18)32-7-6-31(11-15(32)2)17-13-35-14-17/h8,15-20,22-23,28,30H,3-7,9-14,27H2,1-2H3,(H,29,34)/t15-,16?,18?,19?,20?,22?,23?,25?/m0/s1. The van der Waals surface area contributed by atoms with Crippen LogP contribution in [0.3, 0.4) is 0 Å². The summed E-state index contributed by atoms with van der Waals surface area (Å²) in [7, 11) is 0. The highest BCUT2D eigenvalue weighted by atomic mass is 19.1. The molecule has 10 heteroatoms. The Bertz CT molecular complexity index is 856. The number of hydrogen-bond donors (Lipinski definition) is 4. The second-order valence-electron chi connectivity index (χ2n) is 11.5. The predicted octanol–water partition coefficient (Wildman–Crippen LogP) is -0.799. The van der Waals surface area contributed by atoms with E-state index in [0.29, 0.717) is 24.7 Å². The van der Waals surface area contributed by atoms with E-state index in [1.54, 1.807) is 6.08 Å². The average Bonchev–Trinajstić information content (AvgIpc) is 2.94. The van der Waals surface area contributed by atoms with Gasteiger partial charge in [0.25, 0.3) is 0 Å². The van der Waals surface area contributed by atoms with Crippen molar-refractivity contribution in [2.45, 2.75) is 81.2 Å². The molecule has 0 aromatic rings. The molecule has 9 atom stereocenters. The van der Waals surface area contributed by atoms with Crippen LogP contribution < -0.4 is 21.7 Å². The normalized spacial score (nSPS) is 46.5. The second-order valence-corrected chi connectivity index (χ2v) is 11.5. The summed E-state index contributed by atoms with van der Waals surface area (Å²) in [5, 5.41) is 10.3. The maximum absolute atomic E-state index is 14.5. The fraction of sp³-hybridized carbons (Fsp3) is 0.880. The third-order valence-corrected chi connectivity index (χ3v) is 9.77. The molecule has 5 N–H and O–H groups in total. The van der Waals surface area contributed by atoms with E-state index in [0.717, 1.165) is 70.9 Å². The van der Waals surface area contributed by atoms with Crippen molar-refractivity contribution in [3.63, 3.8) is 0 Å². The largest absolute Gasteiger partial charge is 0.378 e. The van der Waals surface area contributed by atoms with Crippen LogP contribution in [0.5, 0.6) is 0 Å². The smallest absolute Gasteiger partial charge is 0.228 e. The molecule has 6 saturated heterocycles. The van der Waals surface area contributed by atoms with Crippen LogP contribution in [-0.4, -0.2) is 121 Å². The highest BCUT2D eigenvalue weighted by Gasteiger charge is 2.62. The number of nitrogens with one attached hydrogen (secondary N) is 3. The lowest BCUT2D eigenvalue weighted by atomic mass is 9.69. The van der Waals surface area contributed by atoms with E-state index in [9.17, 15) is 9.18 Å². The van der Waals surface area contributed by atoms with Crippen molar-refractivity contribution in [2.75, 3.05) is 52.5 Å². The highest BCUT2D eigenvalue weighted by Crippen LogP contribution is 2.51. The molecular formula is C25H42FN7O2. The first-order valence-electron chi connectivity index (χ1n) is 13.6. The van der Waals surface area contributed by atoms with Gasteiger partial charge in [-0.05, 0) is 38.8 Å². The summed E-state index contributed by atoms with van der Waals surface area (Å²) in [6.45, 7) is 11.3. The number of carbonyl (C=O) groups is 1. The number of halogens is 1. The zero-order valence-electron chi connectivity index (χ0n) is 21.1. The van der Waals surface area contributed by atoms with Crippen LogP contribution in [0, 0.1) is 5.92 Å². The summed E-state index contributed by atoms with van der Waals surface area (Å²) in [6, 6.07) is 1.32. The van der Waals surface area contributed by atoms with Gasteiger partial charge in [-0.2, -0.15) is 0 Å². The maximum Gasteiger partial charge on any atom is 0.228 e. The first-order valence-corrected chi connectivity index (χ1v) is 13.6. The van der Waals surface area contributed by atoms with Crippen molar-refractivity contribution in [1.29, 1.82) is 0 Å². The van der Waals surface area contributed by atoms with Crippen molar-refractivity contribution in [3.05, 3.63) is 11.8 Å². The molecular weight excluding hydrogens is 449 g/mol. The van der Waals surface area contributed by atoms with Gasteiger partial charge in [-0.3, -0.25) is 19.5 Å². The Kier molecular flexibility index (Phi) is 6.34. The van der Waals surface area contributed by atoms with Gasteiger partial charge in [-0.1, -0.05) is 6.92 Å². The Hall–Kier alpha value is -1.30. The molecule has 6 fully saturated rings. The zero-order valence-corrected chi connectivity index (χ0v) is 21.1. The first-order chi connectivity index (χ1) is 16.9. The average molecular weight is 492 g/mol. The van der Waals surface area contributed by atoms with Gasteiger partial charge in [0.2, 0.25) is 5.91 Å². The molecule has 0 aromatic heterocycles. The molecule has 8 unspecified atom stereocenters. The minimum Gasteiger partial charge on any atom is -0.378 e. The minimum atomic E-state index is -1.02. The molecule has 4 bridgehead atoms. The van der Waals surface area contributed by atoms with E-state index in [2.05, 4.69) is 44.5 Å². The molecule has 1 amide bonds. The third kappa shape index (κ3) is 3.92. The number of nitrogens with zero attached hydrogens (tertiary/aromatic N) is 3. The van der Waals surface area contributed by atoms with Crippen LogP contribution in [-0.2, 0) is 9.53 Å². The molecule has 0 saturated carbocycles. The van der Waals surface area contributed by atoms with E-state index in [4.69, 9.17) is 10.5 Å². The maximum atomic E-state index is 14.5. The molecule has 0 radical (unpaired) electrons.